The largest absolute Gasteiger partial charge is 0.272 e. The van der Waals surface area contributed by atoms with Gasteiger partial charge in [0.1, 0.15) is 0 Å². The van der Waals surface area contributed by atoms with E-state index in [0.29, 0.717) is 5.75 Å². The Balaban J connectivity index is 2.36. The topological polar surface area (TPSA) is 41.5 Å². The molecule has 0 saturated carbocycles. The molecular formula is C15H21BrN2OS. The lowest BCUT2D eigenvalue weighted by atomic mass is 9.91. The molecule has 0 saturated heterocycles. The summed E-state index contributed by atoms with van der Waals surface area (Å²) in [7, 11) is 0. The molecule has 1 N–H and O–H groups in total. The molecule has 0 aliphatic carbocycles. The summed E-state index contributed by atoms with van der Waals surface area (Å²) in [4.78, 5) is 11.7. The standard InChI is InChI=1S/C15H21BrN2OS/c1-11(15(2,3)4)17-18-14(19)10-20-9-12-7-5-6-8-13(12)16/h5-8H,9-10H2,1-4H3,(H,18,19)/b17-11-. The quantitative estimate of drug-likeness (QED) is 0.633. The minimum atomic E-state index is -0.0642. The highest BCUT2D eigenvalue weighted by Gasteiger charge is 2.14. The summed E-state index contributed by atoms with van der Waals surface area (Å²) in [5.41, 5.74) is 4.70. The van der Waals surface area contributed by atoms with E-state index in [1.54, 1.807) is 11.8 Å². The minimum absolute atomic E-state index is 0.0185. The van der Waals surface area contributed by atoms with Crippen molar-refractivity contribution in [3.63, 3.8) is 0 Å². The van der Waals surface area contributed by atoms with Gasteiger partial charge in [-0.05, 0) is 18.6 Å². The van der Waals surface area contributed by atoms with Crippen LogP contribution in [0, 0.1) is 5.41 Å². The Morgan fingerprint density at radius 3 is 2.60 bits per heavy atom. The van der Waals surface area contributed by atoms with Crippen LogP contribution < -0.4 is 5.43 Å². The van der Waals surface area contributed by atoms with Crippen LogP contribution in [0.25, 0.3) is 0 Å². The Morgan fingerprint density at radius 2 is 2.00 bits per heavy atom. The van der Waals surface area contributed by atoms with E-state index in [1.807, 2.05) is 25.1 Å². The van der Waals surface area contributed by atoms with E-state index in [-0.39, 0.29) is 11.3 Å². The van der Waals surface area contributed by atoms with E-state index in [0.717, 1.165) is 15.9 Å². The van der Waals surface area contributed by atoms with Gasteiger partial charge in [0, 0.05) is 21.4 Å². The van der Waals surface area contributed by atoms with Crippen molar-refractivity contribution < 1.29 is 4.79 Å². The van der Waals surface area contributed by atoms with Crippen LogP contribution >= 0.6 is 27.7 Å². The second-order valence-corrected chi connectivity index (χ2v) is 7.41. The van der Waals surface area contributed by atoms with Crippen molar-refractivity contribution in [2.24, 2.45) is 10.5 Å². The molecule has 110 valence electrons. The molecule has 0 aliphatic rings. The summed E-state index contributed by atoms with van der Waals surface area (Å²) in [5, 5.41) is 4.13. The number of rotatable bonds is 5. The Labute approximate surface area is 133 Å². The highest BCUT2D eigenvalue weighted by molar-refractivity contribution is 9.10. The van der Waals surface area contributed by atoms with Crippen LogP contribution in [0.3, 0.4) is 0 Å². The minimum Gasteiger partial charge on any atom is -0.272 e. The number of nitrogens with one attached hydrogen (secondary N) is 1. The van der Waals surface area contributed by atoms with E-state index >= 15 is 0 Å². The van der Waals surface area contributed by atoms with Gasteiger partial charge in [-0.1, -0.05) is 54.9 Å². The van der Waals surface area contributed by atoms with Crippen molar-refractivity contribution >= 4 is 39.3 Å². The molecule has 0 bridgehead atoms. The number of carbonyl (C=O) groups is 1. The number of hydrogen-bond acceptors (Lipinski definition) is 3. The van der Waals surface area contributed by atoms with Crippen LogP contribution in [0.5, 0.6) is 0 Å². The summed E-state index contributed by atoms with van der Waals surface area (Å²) in [5.74, 6) is 1.14. The van der Waals surface area contributed by atoms with Crippen molar-refractivity contribution in [2.75, 3.05) is 5.75 Å². The maximum absolute atomic E-state index is 11.7. The maximum atomic E-state index is 11.7. The third-order valence-electron chi connectivity index (χ3n) is 2.88. The van der Waals surface area contributed by atoms with Crippen molar-refractivity contribution in [3.05, 3.63) is 34.3 Å². The average molecular weight is 357 g/mol. The second-order valence-electron chi connectivity index (χ2n) is 5.57. The molecule has 0 aliphatic heterocycles. The molecule has 1 aromatic rings. The molecule has 1 rings (SSSR count). The van der Waals surface area contributed by atoms with Gasteiger partial charge in [-0.3, -0.25) is 4.79 Å². The van der Waals surface area contributed by atoms with E-state index in [1.165, 1.54) is 5.56 Å². The molecular weight excluding hydrogens is 336 g/mol. The van der Waals surface area contributed by atoms with Crippen molar-refractivity contribution in [1.82, 2.24) is 5.43 Å². The molecule has 0 unspecified atom stereocenters. The number of carbonyl (C=O) groups excluding carboxylic acids is 1. The van der Waals surface area contributed by atoms with E-state index in [9.17, 15) is 4.79 Å². The summed E-state index contributed by atoms with van der Waals surface area (Å²) in [6.07, 6.45) is 0. The number of hydrazone groups is 1. The molecule has 3 nitrogen and oxygen atoms in total. The average Bonchev–Trinajstić information content (AvgIpc) is 2.37. The molecule has 0 heterocycles. The number of nitrogens with zero attached hydrogens (tertiary/aromatic N) is 1. The van der Waals surface area contributed by atoms with Crippen LogP contribution in [-0.4, -0.2) is 17.4 Å². The summed E-state index contributed by atoms with van der Waals surface area (Å²) >= 11 is 5.08. The van der Waals surface area contributed by atoms with Gasteiger partial charge in [0.15, 0.2) is 0 Å². The summed E-state index contributed by atoms with van der Waals surface area (Å²) in [6.45, 7) is 8.13. The Hall–Kier alpha value is -0.810. The van der Waals surface area contributed by atoms with Gasteiger partial charge in [0.2, 0.25) is 5.91 Å². The highest BCUT2D eigenvalue weighted by Crippen LogP contribution is 2.21. The first kappa shape index (κ1) is 17.2. The number of halogens is 1. The summed E-state index contributed by atoms with van der Waals surface area (Å²) < 4.78 is 1.08. The fourth-order valence-corrected chi connectivity index (χ4v) is 2.65. The van der Waals surface area contributed by atoms with Crippen LogP contribution in [0.15, 0.2) is 33.8 Å². The maximum Gasteiger partial charge on any atom is 0.250 e. The number of thioether (sulfide) groups is 1. The molecule has 5 heteroatoms. The normalized spacial score (nSPS) is 12.3. The summed E-state index contributed by atoms with van der Waals surface area (Å²) in [6, 6.07) is 8.04. The molecule has 1 amide bonds. The zero-order valence-corrected chi connectivity index (χ0v) is 14.8. The SMILES string of the molecule is C/C(=N/NC(=O)CSCc1ccccc1Br)C(C)(C)C. The number of amides is 1. The third kappa shape index (κ3) is 6.09. The molecule has 0 aromatic heterocycles. The zero-order chi connectivity index (χ0) is 15.2. The fourth-order valence-electron chi connectivity index (χ4n) is 1.22. The van der Waals surface area contributed by atoms with Gasteiger partial charge >= 0.3 is 0 Å². The molecule has 1 aromatic carbocycles. The number of benzene rings is 1. The predicted octanol–water partition coefficient (Wildman–Crippen LogP) is 4.22. The third-order valence-corrected chi connectivity index (χ3v) is 4.64. The van der Waals surface area contributed by atoms with Crippen LogP contribution in [0.1, 0.15) is 33.3 Å². The van der Waals surface area contributed by atoms with Gasteiger partial charge in [0.05, 0.1) is 5.75 Å². The van der Waals surface area contributed by atoms with Crippen molar-refractivity contribution in [2.45, 2.75) is 33.4 Å². The molecule has 0 radical (unpaired) electrons. The second kappa shape index (κ2) is 7.84. The predicted molar refractivity (Wildman–Crippen MR) is 91.0 cm³/mol. The van der Waals surface area contributed by atoms with Gasteiger partial charge in [-0.15, -0.1) is 11.8 Å². The lowest BCUT2D eigenvalue weighted by Crippen LogP contribution is -2.25. The molecule has 0 spiro atoms. The van der Waals surface area contributed by atoms with E-state index < -0.39 is 0 Å². The smallest absolute Gasteiger partial charge is 0.250 e. The highest BCUT2D eigenvalue weighted by atomic mass is 79.9. The Morgan fingerprint density at radius 1 is 1.35 bits per heavy atom. The van der Waals surface area contributed by atoms with E-state index in [4.69, 9.17) is 0 Å². The Kier molecular flexibility index (Phi) is 6.76. The van der Waals surface area contributed by atoms with Crippen LogP contribution in [0.4, 0.5) is 0 Å². The van der Waals surface area contributed by atoms with Crippen molar-refractivity contribution in [3.8, 4) is 0 Å². The molecule has 0 atom stereocenters. The first-order chi connectivity index (χ1) is 9.30. The number of hydrogen-bond donors (Lipinski definition) is 1. The molecule has 0 fully saturated rings. The van der Waals surface area contributed by atoms with Gasteiger partial charge < -0.3 is 0 Å². The van der Waals surface area contributed by atoms with Crippen LogP contribution in [0.2, 0.25) is 0 Å². The first-order valence-electron chi connectivity index (χ1n) is 6.45. The van der Waals surface area contributed by atoms with E-state index in [2.05, 4.69) is 53.3 Å². The lowest BCUT2D eigenvalue weighted by molar-refractivity contribution is -0.118. The first-order valence-corrected chi connectivity index (χ1v) is 8.40. The van der Waals surface area contributed by atoms with Gasteiger partial charge in [0.25, 0.3) is 0 Å². The van der Waals surface area contributed by atoms with Crippen molar-refractivity contribution in [1.29, 1.82) is 0 Å². The van der Waals surface area contributed by atoms with Crippen LogP contribution in [-0.2, 0) is 10.5 Å². The zero-order valence-electron chi connectivity index (χ0n) is 12.4. The Bertz CT molecular complexity index is 495. The fraction of sp³-hybridized carbons (Fsp3) is 0.467. The monoisotopic (exact) mass is 356 g/mol. The molecule has 20 heavy (non-hydrogen) atoms. The lowest BCUT2D eigenvalue weighted by Gasteiger charge is -2.17. The van der Waals surface area contributed by atoms with Gasteiger partial charge in [-0.25, -0.2) is 5.43 Å². The van der Waals surface area contributed by atoms with Gasteiger partial charge in [-0.2, -0.15) is 5.10 Å².